The third-order valence-corrected chi connectivity index (χ3v) is 11.0. The van der Waals surface area contributed by atoms with Crippen molar-refractivity contribution in [3.05, 3.63) is 35.9 Å². The molecular formula is C22H38OSi. The van der Waals surface area contributed by atoms with Gasteiger partial charge in [-0.05, 0) is 32.8 Å². The summed E-state index contributed by atoms with van der Waals surface area (Å²) < 4.78 is 6.16. The van der Waals surface area contributed by atoms with Gasteiger partial charge in [0.2, 0.25) is 0 Å². The normalized spacial score (nSPS) is 12.7. The maximum absolute atomic E-state index is 6.16. The molecule has 1 aromatic rings. The van der Waals surface area contributed by atoms with E-state index in [-0.39, 0.29) is 6.10 Å². The second-order valence-corrected chi connectivity index (χ2v) is 12.3. The number of hydrogen-bond acceptors (Lipinski definition) is 1. The molecule has 0 N–H and O–H groups in total. The SMILES string of the molecule is CCCCC/C=C(\c1ccccc1OC(C)C)[Si](CC)(CC)CC. The van der Waals surface area contributed by atoms with Crippen molar-refractivity contribution in [1.82, 2.24) is 0 Å². The minimum atomic E-state index is -1.45. The molecular weight excluding hydrogens is 308 g/mol. The van der Waals surface area contributed by atoms with E-state index in [2.05, 4.69) is 71.9 Å². The molecule has 2 heteroatoms. The molecule has 0 aromatic heterocycles. The zero-order chi connectivity index (χ0) is 18.0. The van der Waals surface area contributed by atoms with Crippen molar-refractivity contribution in [2.75, 3.05) is 0 Å². The van der Waals surface area contributed by atoms with Crippen LogP contribution in [0, 0.1) is 0 Å². The van der Waals surface area contributed by atoms with Crippen molar-refractivity contribution in [2.45, 2.75) is 91.5 Å². The van der Waals surface area contributed by atoms with Crippen LogP contribution in [-0.2, 0) is 0 Å². The van der Waals surface area contributed by atoms with Crippen LogP contribution in [0.4, 0.5) is 0 Å². The molecule has 24 heavy (non-hydrogen) atoms. The summed E-state index contributed by atoms with van der Waals surface area (Å²) in [7, 11) is -1.45. The topological polar surface area (TPSA) is 9.23 Å². The highest BCUT2D eigenvalue weighted by Crippen LogP contribution is 2.39. The van der Waals surface area contributed by atoms with Crippen LogP contribution in [0.1, 0.15) is 72.8 Å². The summed E-state index contributed by atoms with van der Waals surface area (Å²) in [6.45, 7) is 13.7. The minimum Gasteiger partial charge on any atom is -0.490 e. The number of unbranched alkanes of at least 4 members (excludes halogenated alkanes) is 3. The highest BCUT2D eigenvalue weighted by Gasteiger charge is 2.33. The lowest BCUT2D eigenvalue weighted by Crippen LogP contribution is -2.34. The van der Waals surface area contributed by atoms with Gasteiger partial charge in [0, 0.05) is 5.56 Å². The maximum Gasteiger partial charge on any atom is 0.126 e. The van der Waals surface area contributed by atoms with Crippen molar-refractivity contribution in [2.24, 2.45) is 0 Å². The molecule has 0 heterocycles. The fourth-order valence-electron chi connectivity index (χ4n) is 3.62. The first-order valence-corrected chi connectivity index (χ1v) is 12.6. The fraction of sp³-hybridized carbons (Fsp3) is 0.636. The number of rotatable bonds is 11. The molecule has 0 amide bonds. The van der Waals surface area contributed by atoms with E-state index < -0.39 is 8.07 Å². The highest BCUT2D eigenvalue weighted by atomic mass is 28.3. The molecule has 0 spiro atoms. The standard InChI is InChI=1S/C22H38OSi/c1-7-11-12-13-18-22(24(8-2,9-3)10-4)20-16-14-15-17-21(20)23-19(5)6/h14-19H,7-13H2,1-6H3/b22-18+. The van der Waals surface area contributed by atoms with Gasteiger partial charge in [-0.25, -0.2) is 0 Å². The Balaban J connectivity index is 3.32. The summed E-state index contributed by atoms with van der Waals surface area (Å²) in [5.74, 6) is 1.07. The fourth-order valence-corrected chi connectivity index (χ4v) is 7.62. The second-order valence-electron chi connectivity index (χ2n) is 7.12. The van der Waals surface area contributed by atoms with Gasteiger partial charge in [-0.15, -0.1) is 0 Å². The van der Waals surface area contributed by atoms with Crippen LogP contribution in [-0.4, -0.2) is 14.2 Å². The monoisotopic (exact) mass is 346 g/mol. The Morgan fingerprint density at radius 1 is 1.00 bits per heavy atom. The van der Waals surface area contributed by atoms with Gasteiger partial charge in [-0.2, -0.15) is 0 Å². The number of hydrogen-bond donors (Lipinski definition) is 0. The van der Waals surface area contributed by atoms with Gasteiger partial charge >= 0.3 is 0 Å². The third kappa shape index (κ3) is 5.51. The van der Waals surface area contributed by atoms with E-state index in [1.807, 2.05) is 0 Å². The predicted molar refractivity (Wildman–Crippen MR) is 112 cm³/mol. The van der Waals surface area contributed by atoms with Crippen LogP contribution in [0.25, 0.3) is 5.20 Å². The van der Waals surface area contributed by atoms with Crippen molar-refractivity contribution in [3.63, 3.8) is 0 Å². The molecule has 0 radical (unpaired) electrons. The van der Waals surface area contributed by atoms with E-state index >= 15 is 0 Å². The Morgan fingerprint density at radius 2 is 1.62 bits per heavy atom. The third-order valence-electron chi connectivity index (χ3n) is 5.30. The van der Waals surface area contributed by atoms with Gasteiger partial charge in [0.15, 0.2) is 0 Å². The second kappa shape index (κ2) is 10.8. The Hall–Kier alpha value is -1.02. The molecule has 1 aromatic carbocycles. The summed E-state index contributed by atoms with van der Waals surface area (Å²) in [6, 6.07) is 12.6. The zero-order valence-electron chi connectivity index (χ0n) is 16.8. The average Bonchev–Trinajstić information content (AvgIpc) is 2.59. The van der Waals surface area contributed by atoms with Crippen LogP contribution in [0.2, 0.25) is 18.1 Å². The van der Waals surface area contributed by atoms with Crippen LogP contribution in [0.3, 0.4) is 0 Å². The summed E-state index contributed by atoms with van der Waals surface area (Å²) >= 11 is 0. The first-order chi connectivity index (χ1) is 11.5. The maximum atomic E-state index is 6.16. The van der Waals surface area contributed by atoms with E-state index in [0.29, 0.717) is 0 Å². The van der Waals surface area contributed by atoms with Crippen molar-refractivity contribution < 1.29 is 4.74 Å². The number of para-hydroxylation sites is 1. The van der Waals surface area contributed by atoms with Crippen molar-refractivity contribution in [3.8, 4) is 5.75 Å². The zero-order valence-corrected chi connectivity index (χ0v) is 17.8. The van der Waals surface area contributed by atoms with Crippen molar-refractivity contribution in [1.29, 1.82) is 0 Å². The molecule has 1 rings (SSSR count). The molecule has 136 valence electrons. The molecule has 0 fully saturated rings. The van der Waals surface area contributed by atoms with E-state index in [4.69, 9.17) is 4.74 Å². The van der Waals surface area contributed by atoms with E-state index in [1.165, 1.54) is 49.4 Å². The molecule has 1 nitrogen and oxygen atoms in total. The smallest absolute Gasteiger partial charge is 0.126 e. The molecule has 0 atom stereocenters. The van der Waals surface area contributed by atoms with Gasteiger partial charge in [0.25, 0.3) is 0 Å². The minimum absolute atomic E-state index is 0.216. The Morgan fingerprint density at radius 3 is 2.17 bits per heavy atom. The molecule has 0 aliphatic rings. The Labute approximate surface area is 151 Å². The van der Waals surface area contributed by atoms with Crippen molar-refractivity contribution >= 4 is 13.3 Å². The summed E-state index contributed by atoms with van der Waals surface area (Å²) in [6.07, 6.45) is 7.90. The predicted octanol–water partition coefficient (Wildman–Crippen LogP) is 7.49. The van der Waals surface area contributed by atoms with Gasteiger partial charge in [0.1, 0.15) is 5.75 Å². The van der Waals surface area contributed by atoms with E-state index in [9.17, 15) is 0 Å². The van der Waals surface area contributed by atoms with Crippen LogP contribution < -0.4 is 4.74 Å². The molecule has 0 aliphatic heterocycles. The lowest BCUT2D eigenvalue weighted by Gasteiger charge is -2.33. The summed E-state index contributed by atoms with van der Waals surface area (Å²) in [5.41, 5.74) is 1.36. The first-order valence-electron chi connectivity index (χ1n) is 10.0. The summed E-state index contributed by atoms with van der Waals surface area (Å²) in [4.78, 5) is 0. The van der Waals surface area contributed by atoms with E-state index in [0.717, 1.165) is 5.75 Å². The van der Waals surface area contributed by atoms with Gasteiger partial charge in [-0.3, -0.25) is 0 Å². The highest BCUT2D eigenvalue weighted by molar-refractivity contribution is 6.96. The number of benzene rings is 1. The van der Waals surface area contributed by atoms with Gasteiger partial charge < -0.3 is 4.74 Å². The lowest BCUT2D eigenvalue weighted by atomic mass is 10.1. The van der Waals surface area contributed by atoms with Crippen LogP contribution in [0.15, 0.2) is 30.3 Å². The van der Waals surface area contributed by atoms with Crippen LogP contribution in [0.5, 0.6) is 5.75 Å². The number of ether oxygens (including phenoxy) is 1. The molecule has 0 saturated carbocycles. The van der Waals surface area contributed by atoms with Gasteiger partial charge in [0.05, 0.1) is 14.2 Å². The Bertz CT molecular complexity index is 492. The summed E-state index contributed by atoms with van der Waals surface area (Å²) in [5, 5.41) is 1.64. The average molecular weight is 347 g/mol. The van der Waals surface area contributed by atoms with Gasteiger partial charge in [-0.1, -0.05) is 88.1 Å². The number of allylic oxidation sites excluding steroid dienone is 1. The largest absolute Gasteiger partial charge is 0.490 e. The molecule has 0 bridgehead atoms. The Kier molecular flexibility index (Phi) is 9.43. The molecule has 0 aliphatic carbocycles. The molecule has 0 saturated heterocycles. The lowest BCUT2D eigenvalue weighted by molar-refractivity contribution is 0.242. The van der Waals surface area contributed by atoms with E-state index in [1.54, 1.807) is 5.20 Å². The van der Waals surface area contributed by atoms with Crippen LogP contribution >= 0.6 is 0 Å². The molecule has 0 unspecified atom stereocenters. The first kappa shape index (κ1) is 21.0. The quantitative estimate of drug-likeness (QED) is 0.298.